The maximum absolute atomic E-state index is 10.8. The van der Waals surface area contributed by atoms with E-state index in [0.29, 0.717) is 5.69 Å². The number of hydrogen-bond acceptors (Lipinski definition) is 6. The van der Waals surface area contributed by atoms with E-state index in [4.69, 9.17) is 11.6 Å². The molecule has 0 amide bonds. The Morgan fingerprint density at radius 2 is 1.74 bits per heavy atom. The normalized spacial score (nSPS) is 11.3. The molecule has 0 radical (unpaired) electrons. The van der Waals surface area contributed by atoms with Gasteiger partial charge in [0.25, 0.3) is 5.69 Å². The van der Waals surface area contributed by atoms with Crippen molar-refractivity contribution in [3.05, 3.63) is 57.1 Å². The summed E-state index contributed by atoms with van der Waals surface area (Å²) in [5.41, 5.74) is 3.20. The van der Waals surface area contributed by atoms with E-state index in [0.717, 1.165) is 36.6 Å². The molecule has 2 aromatic rings. The fourth-order valence-electron chi connectivity index (χ4n) is 2.54. The fraction of sp³-hybridized carbons (Fsp3) is 0.368. The minimum atomic E-state index is -0.495. The van der Waals surface area contributed by atoms with Gasteiger partial charge in [-0.25, -0.2) is 0 Å². The van der Waals surface area contributed by atoms with E-state index >= 15 is 0 Å². The molecule has 0 saturated heterocycles. The molecule has 7 nitrogen and oxygen atoms in total. The van der Waals surface area contributed by atoms with Crippen molar-refractivity contribution in [2.75, 3.05) is 38.6 Å². The number of nitro groups is 1. The first-order chi connectivity index (χ1) is 12.8. The lowest BCUT2D eigenvalue weighted by Crippen LogP contribution is -2.31. The Kier molecular flexibility index (Phi) is 7.27. The van der Waals surface area contributed by atoms with Crippen LogP contribution in [0.25, 0.3) is 0 Å². The van der Waals surface area contributed by atoms with Crippen LogP contribution < -0.4 is 4.90 Å². The van der Waals surface area contributed by atoms with Gasteiger partial charge in [0.15, 0.2) is 0 Å². The lowest BCUT2D eigenvalue weighted by Gasteiger charge is -2.25. The number of halogens is 1. The van der Waals surface area contributed by atoms with Crippen LogP contribution in [0.15, 0.2) is 46.6 Å². The molecule has 8 heteroatoms. The van der Waals surface area contributed by atoms with Crippen LogP contribution in [0, 0.1) is 17.0 Å². The number of likely N-dealkylation sites (N-methyl/N-ethyl adjacent to an activating group) is 2. The van der Waals surface area contributed by atoms with Gasteiger partial charge in [-0.15, -0.1) is 5.11 Å². The van der Waals surface area contributed by atoms with Gasteiger partial charge in [0, 0.05) is 37.5 Å². The quantitative estimate of drug-likeness (QED) is 0.346. The van der Waals surface area contributed by atoms with Crippen LogP contribution in [-0.4, -0.2) is 43.6 Å². The number of aryl methyl sites for hydroxylation is 1. The first-order valence-electron chi connectivity index (χ1n) is 8.67. The Hall–Kier alpha value is -2.51. The average Bonchev–Trinajstić information content (AvgIpc) is 2.62. The summed E-state index contributed by atoms with van der Waals surface area (Å²) < 4.78 is 0. The van der Waals surface area contributed by atoms with Gasteiger partial charge in [-0.1, -0.05) is 11.6 Å². The molecule has 0 N–H and O–H groups in total. The van der Waals surface area contributed by atoms with Gasteiger partial charge in [-0.05, 0) is 57.8 Å². The molecule has 2 aromatic carbocycles. The third-order valence-electron chi connectivity index (χ3n) is 4.15. The highest BCUT2D eigenvalue weighted by Crippen LogP contribution is 2.31. The Morgan fingerprint density at radius 1 is 1.07 bits per heavy atom. The zero-order valence-electron chi connectivity index (χ0n) is 16.0. The molecule has 144 valence electrons. The molecular formula is C19H24ClN5O2. The molecule has 0 aliphatic carbocycles. The molecular weight excluding hydrogens is 366 g/mol. The zero-order chi connectivity index (χ0) is 20.0. The highest BCUT2D eigenvalue weighted by atomic mass is 35.5. The molecule has 0 saturated carbocycles. The van der Waals surface area contributed by atoms with E-state index in [9.17, 15) is 10.1 Å². The molecule has 0 heterocycles. The van der Waals surface area contributed by atoms with Crippen LogP contribution in [0.3, 0.4) is 0 Å². The smallest absolute Gasteiger partial charge is 0.271 e. The molecule has 0 aliphatic rings. The van der Waals surface area contributed by atoms with Gasteiger partial charge >= 0.3 is 0 Å². The maximum atomic E-state index is 10.8. The van der Waals surface area contributed by atoms with Gasteiger partial charge in [-0.2, -0.15) is 5.11 Å². The summed E-state index contributed by atoms with van der Waals surface area (Å²) in [4.78, 5) is 14.7. The van der Waals surface area contributed by atoms with Crippen LogP contribution in [0.1, 0.15) is 12.5 Å². The van der Waals surface area contributed by atoms with Crippen LogP contribution in [0.5, 0.6) is 0 Å². The van der Waals surface area contributed by atoms with E-state index in [2.05, 4.69) is 47.1 Å². The van der Waals surface area contributed by atoms with Crippen LogP contribution in [0.4, 0.5) is 22.7 Å². The van der Waals surface area contributed by atoms with Gasteiger partial charge in [0.1, 0.15) is 5.69 Å². The van der Waals surface area contributed by atoms with Crippen LogP contribution in [-0.2, 0) is 0 Å². The fourth-order valence-corrected chi connectivity index (χ4v) is 2.75. The third-order valence-corrected chi connectivity index (χ3v) is 4.45. The Bertz CT molecular complexity index is 839. The summed E-state index contributed by atoms with van der Waals surface area (Å²) in [6.45, 7) is 6.96. The maximum Gasteiger partial charge on any atom is 0.271 e. The summed E-state index contributed by atoms with van der Waals surface area (Å²) in [6, 6.07) is 10.2. The first-order valence-corrected chi connectivity index (χ1v) is 9.05. The van der Waals surface area contributed by atoms with E-state index in [1.54, 1.807) is 0 Å². The highest BCUT2D eigenvalue weighted by molar-refractivity contribution is 6.33. The van der Waals surface area contributed by atoms with Crippen molar-refractivity contribution in [3.63, 3.8) is 0 Å². The van der Waals surface area contributed by atoms with Crippen LogP contribution in [0.2, 0.25) is 5.02 Å². The third kappa shape index (κ3) is 5.74. The van der Waals surface area contributed by atoms with Crippen molar-refractivity contribution in [2.45, 2.75) is 13.8 Å². The second kappa shape index (κ2) is 9.43. The van der Waals surface area contributed by atoms with Crippen molar-refractivity contribution in [1.82, 2.24) is 4.90 Å². The van der Waals surface area contributed by atoms with Crippen molar-refractivity contribution in [1.29, 1.82) is 0 Å². The Balaban J connectivity index is 2.18. The van der Waals surface area contributed by atoms with Gasteiger partial charge in [0.2, 0.25) is 0 Å². The molecule has 0 fully saturated rings. The molecule has 0 atom stereocenters. The van der Waals surface area contributed by atoms with Crippen molar-refractivity contribution in [2.24, 2.45) is 10.2 Å². The number of hydrogen-bond donors (Lipinski definition) is 0. The number of nitro benzene ring substituents is 1. The summed E-state index contributed by atoms with van der Waals surface area (Å²) >= 11 is 6.06. The summed E-state index contributed by atoms with van der Waals surface area (Å²) in [7, 11) is 4.12. The standard InChI is InChI=1S/C19H24ClN5O2/c1-5-24(11-10-23(3)4)15-6-8-18(14(2)12-15)21-22-19-9-7-16(25(26)27)13-17(19)20/h6-9,12-13H,5,10-11H2,1-4H3. The van der Waals surface area contributed by atoms with Crippen molar-refractivity contribution in [3.8, 4) is 0 Å². The minimum Gasteiger partial charge on any atom is -0.371 e. The van der Waals surface area contributed by atoms with E-state index < -0.39 is 4.92 Å². The van der Waals surface area contributed by atoms with E-state index in [1.807, 2.05) is 19.1 Å². The topological polar surface area (TPSA) is 74.3 Å². The predicted molar refractivity (Wildman–Crippen MR) is 110 cm³/mol. The Morgan fingerprint density at radius 3 is 2.30 bits per heavy atom. The summed E-state index contributed by atoms with van der Waals surface area (Å²) in [5.74, 6) is 0. The molecule has 0 bridgehead atoms. The number of nitrogens with zero attached hydrogens (tertiary/aromatic N) is 5. The second-order valence-corrected chi connectivity index (χ2v) is 6.85. The lowest BCUT2D eigenvalue weighted by molar-refractivity contribution is -0.384. The van der Waals surface area contributed by atoms with Gasteiger partial charge < -0.3 is 9.80 Å². The van der Waals surface area contributed by atoms with Gasteiger partial charge in [0.05, 0.1) is 15.6 Å². The number of azo groups is 1. The second-order valence-electron chi connectivity index (χ2n) is 6.45. The molecule has 0 spiro atoms. The monoisotopic (exact) mass is 389 g/mol. The average molecular weight is 390 g/mol. The molecule has 0 aromatic heterocycles. The zero-order valence-corrected chi connectivity index (χ0v) is 16.8. The predicted octanol–water partition coefficient (Wildman–Crippen LogP) is 5.36. The molecule has 27 heavy (non-hydrogen) atoms. The lowest BCUT2D eigenvalue weighted by atomic mass is 10.1. The Labute approximate surface area is 164 Å². The number of anilines is 1. The molecule has 2 rings (SSSR count). The van der Waals surface area contributed by atoms with E-state index in [1.165, 1.54) is 18.2 Å². The highest BCUT2D eigenvalue weighted by Gasteiger charge is 2.10. The first kappa shape index (κ1) is 20.8. The van der Waals surface area contributed by atoms with E-state index in [-0.39, 0.29) is 10.7 Å². The largest absolute Gasteiger partial charge is 0.371 e. The molecule has 0 unspecified atom stereocenters. The SMILES string of the molecule is CCN(CCN(C)C)c1ccc(N=Nc2ccc([N+](=O)[O-])cc2Cl)c(C)c1. The summed E-state index contributed by atoms with van der Waals surface area (Å²) in [5, 5.41) is 19.4. The summed E-state index contributed by atoms with van der Waals surface area (Å²) in [6.07, 6.45) is 0. The molecule has 0 aliphatic heterocycles. The van der Waals surface area contributed by atoms with Crippen LogP contribution >= 0.6 is 11.6 Å². The number of benzene rings is 2. The van der Waals surface area contributed by atoms with Crippen molar-refractivity contribution >= 4 is 34.4 Å². The minimum absolute atomic E-state index is 0.0723. The number of non-ortho nitro benzene ring substituents is 1. The van der Waals surface area contributed by atoms with Gasteiger partial charge in [-0.3, -0.25) is 10.1 Å². The number of rotatable bonds is 8. The van der Waals surface area contributed by atoms with Crippen molar-refractivity contribution < 1.29 is 4.92 Å².